The summed E-state index contributed by atoms with van der Waals surface area (Å²) in [5, 5.41) is 14.2. The molecule has 1 saturated heterocycles. The largest absolute Gasteiger partial charge is 0.481 e. The quantitative estimate of drug-likeness (QED) is 0.383. The molecule has 1 aliphatic heterocycles. The van der Waals surface area contributed by atoms with Crippen LogP contribution in [0.4, 0.5) is 10.5 Å². The summed E-state index contributed by atoms with van der Waals surface area (Å²) in [6.45, 7) is -0.120. The maximum atomic E-state index is 13.4. The lowest BCUT2D eigenvalue weighted by atomic mass is 10.0. The number of nitrogens with one attached hydrogen (secondary N) is 2. The lowest BCUT2D eigenvalue weighted by molar-refractivity contribution is -0.134. The Balaban J connectivity index is 1.39. The van der Waals surface area contributed by atoms with Crippen LogP contribution in [0.3, 0.4) is 0 Å². The monoisotopic (exact) mass is 489 g/mol. The van der Waals surface area contributed by atoms with Gasteiger partial charge in [-0.05, 0) is 48.2 Å². The molecule has 1 heterocycles. The second-order valence-corrected chi connectivity index (χ2v) is 9.29. The summed E-state index contributed by atoms with van der Waals surface area (Å²) in [4.78, 5) is 39.2. The van der Waals surface area contributed by atoms with Gasteiger partial charge in [-0.15, -0.1) is 11.8 Å². The zero-order valence-electron chi connectivity index (χ0n) is 19.1. The molecule has 0 saturated carbocycles. The van der Waals surface area contributed by atoms with E-state index in [0.29, 0.717) is 5.69 Å². The molecular weight excluding hydrogens is 462 g/mol. The lowest BCUT2D eigenvalue weighted by Gasteiger charge is -2.31. The first-order valence-electron chi connectivity index (χ1n) is 11.4. The number of hydrogen-bond acceptors (Lipinski definition) is 4. The van der Waals surface area contributed by atoms with Gasteiger partial charge in [0.05, 0.1) is 24.4 Å². The van der Waals surface area contributed by atoms with E-state index in [2.05, 4.69) is 10.6 Å². The highest BCUT2D eigenvalue weighted by Gasteiger charge is 2.38. The van der Waals surface area contributed by atoms with Gasteiger partial charge in [-0.1, -0.05) is 60.7 Å². The molecule has 4 rings (SSSR count). The molecule has 2 atom stereocenters. The maximum Gasteiger partial charge on any atom is 0.319 e. The number of anilines is 1. The van der Waals surface area contributed by atoms with Crippen LogP contribution in [0.2, 0.25) is 0 Å². The number of carboxylic acid groups (broad SMARTS) is 1. The van der Waals surface area contributed by atoms with E-state index in [9.17, 15) is 14.4 Å². The standard InChI is InChI=1S/C27H27N3O4S/c31-25(17-28-27(34)29-21-11-13-22(14-12-21)35-18-26(32)33)30-23(19-7-3-1-4-8-19)15-16-24(30)20-9-5-2-6-10-20/h1-14,23-24H,15-18H2,(H,32,33)(H2,28,29,34)/t23-,24+. The fraction of sp³-hybridized carbons (Fsp3) is 0.222. The van der Waals surface area contributed by atoms with Crippen molar-refractivity contribution in [3.63, 3.8) is 0 Å². The van der Waals surface area contributed by atoms with Crippen LogP contribution in [0.25, 0.3) is 0 Å². The van der Waals surface area contributed by atoms with Gasteiger partial charge in [0.15, 0.2) is 0 Å². The van der Waals surface area contributed by atoms with Crippen molar-refractivity contribution >= 4 is 35.4 Å². The Morgan fingerprint density at radius 2 is 1.37 bits per heavy atom. The molecule has 0 unspecified atom stereocenters. The summed E-state index contributed by atoms with van der Waals surface area (Å²) in [5.74, 6) is -1.05. The first-order chi connectivity index (χ1) is 17.0. The van der Waals surface area contributed by atoms with E-state index in [4.69, 9.17) is 5.11 Å². The highest BCUT2D eigenvalue weighted by atomic mass is 32.2. The molecule has 8 heteroatoms. The number of carbonyl (C=O) groups excluding carboxylic acids is 2. The zero-order chi connectivity index (χ0) is 24.6. The number of thioether (sulfide) groups is 1. The molecule has 1 aliphatic rings. The van der Waals surface area contributed by atoms with Crippen molar-refractivity contribution in [2.75, 3.05) is 17.6 Å². The van der Waals surface area contributed by atoms with Crippen LogP contribution in [0.5, 0.6) is 0 Å². The minimum atomic E-state index is -0.886. The molecule has 0 bridgehead atoms. The summed E-state index contributed by atoms with van der Waals surface area (Å²) < 4.78 is 0. The Hall–Kier alpha value is -3.78. The van der Waals surface area contributed by atoms with Crippen LogP contribution in [0.15, 0.2) is 89.8 Å². The number of aliphatic carboxylic acids is 1. The number of carbonyl (C=O) groups is 3. The highest BCUT2D eigenvalue weighted by molar-refractivity contribution is 8.00. The first-order valence-corrected chi connectivity index (χ1v) is 12.4. The van der Waals surface area contributed by atoms with Crippen molar-refractivity contribution in [1.82, 2.24) is 10.2 Å². The molecule has 0 aliphatic carbocycles. The Labute approximate surface area is 208 Å². The summed E-state index contributed by atoms with van der Waals surface area (Å²) in [6, 6.07) is 26.3. The molecule has 1 fully saturated rings. The molecule has 3 N–H and O–H groups in total. The molecule has 3 amide bonds. The third kappa shape index (κ3) is 6.42. The summed E-state index contributed by atoms with van der Waals surface area (Å²) in [5.41, 5.74) is 2.73. The second-order valence-electron chi connectivity index (χ2n) is 8.25. The topological polar surface area (TPSA) is 98.7 Å². The van der Waals surface area contributed by atoms with Crippen molar-refractivity contribution in [3.05, 3.63) is 96.1 Å². The van der Waals surface area contributed by atoms with Crippen molar-refractivity contribution in [3.8, 4) is 0 Å². The predicted molar refractivity (Wildman–Crippen MR) is 136 cm³/mol. The van der Waals surface area contributed by atoms with Crippen molar-refractivity contribution in [2.24, 2.45) is 0 Å². The van der Waals surface area contributed by atoms with Crippen molar-refractivity contribution in [1.29, 1.82) is 0 Å². The fourth-order valence-electron chi connectivity index (χ4n) is 4.37. The third-order valence-electron chi connectivity index (χ3n) is 5.92. The van der Waals surface area contributed by atoms with Crippen LogP contribution >= 0.6 is 11.8 Å². The van der Waals surface area contributed by atoms with Crippen LogP contribution in [0, 0.1) is 0 Å². The second kappa shape index (κ2) is 11.6. The van der Waals surface area contributed by atoms with Crippen LogP contribution in [-0.4, -0.2) is 40.2 Å². The SMILES string of the molecule is O=C(O)CSc1ccc(NC(=O)NCC(=O)N2[C@@H](c3ccccc3)CC[C@H]2c2ccccc2)cc1. The summed E-state index contributed by atoms with van der Waals surface area (Å²) in [7, 11) is 0. The van der Waals surface area contributed by atoms with Gasteiger partial charge in [0.2, 0.25) is 5.91 Å². The van der Waals surface area contributed by atoms with E-state index in [-0.39, 0.29) is 30.3 Å². The van der Waals surface area contributed by atoms with E-state index in [1.165, 1.54) is 11.8 Å². The van der Waals surface area contributed by atoms with Crippen LogP contribution < -0.4 is 10.6 Å². The summed E-state index contributed by atoms with van der Waals surface area (Å²) >= 11 is 1.20. The normalized spacial score (nSPS) is 17.1. The van der Waals surface area contributed by atoms with Crippen molar-refractivity contribution in [2.45, 2.75) is 29.8 Å². The van der Waals surface area contributed by atoms with Gasteiger partial charge < -0.3 is 20.6 Å². The number of likely N-dealkylation sites (tertiary alicyclic amines) is 1. The Morgan fingerprint density at radius 3 is 1.89 bits per heavy atom. The average molecular weight is 490 g/mol. The van der Waals surface area contributed by atoms with Crippen LogP contribution in [-0.2, 0) is 9.59 Å². The predicted octanol–water partition coefficient (Wildman–Crippen LogP) is 5.09. The summed E-state index contributed by atoms with van der Waals surface area (Å²) in [6.07, 6.45) is 1.71. The highest BCUT2D eigenvalue weighted by Crippen LogP contribution is 2.43. The number of benzene rings is 3. The molecule has 0 spiro atoms. The molecule has 0 aromatic heterocycles. The molecule has 35 heavy (non-hydrogen) atoms. The molecular formula is C27H27N3O4S. The number of nitrogens with zero attached hydrogens (tertiary/aromatic N) is 1. The van der Waals surface area contributed by atoms with Gasteiger partial charge >= 0.3 is 12.0 Å². The van der Waals surface area contributed by atoms with Crippen LogP contribution in [0.1, 0.15) is 36.1 Å². The van der Waals surface area contributed by atoms with E-state index in [0.717, 1.165) is 28.9 Å². The number of rotatable bonds is 8. The molecule has 3 aromatic carbocycles. The Morgan fingerprint density at radius 1 is 0.829 bits per heavy atom. The molecule has 0 radical (unpaired) electrons. The van der Waals surface area contributed by atoms with E-state index in [1.807, 2.05) is 65.6 Å². The van der Waals surface area contributed by atoms with Gasteiger partial charge in [0, 0.05) is 10.6 Å². The Kier molecular flexibility index (Phi) is 8.05. The molecule has 3 aromatic rings. The smallest absolute Gasteiger partial charge is 0.319 e. The fourth-order valence-corrected chi connectivity index (χ4v) is 4.98. The Bertz CT molecular complexity index is 1110. The van der Waals surface area contributed by atoms with E-state index in [1.54, 1.807) is 24.3 Å². The van der Waals surface area contributed by atoms with E-state index >= 15 is 0 Å². The number of carboxylic acids is 1. The minimum Gasteiger partial charge on any atom is -0.481 e. The average Bonchev–Trinajstić information content (AvgIpc) is 3.33. The third-order valence-corrected chi connectivity index (χ3v) is 6.91. The van der Waals surface area contributed by atoms with Gasteiger partial charge in [0.25, 0.3) is 0 Å². The van der Waals surface area contributed by atoms with Gasteiger partial charge in [0.1, 0.15) is 0 Å². The number of urea groups is 1. The number of hydrogen-bond donors (Lipinski definition) is 3. The zero-order valence-corrected chi connectivity index (χ0v) is 19.9. The number of amides is 3. The molecule has 180 valence electrons. The maximum absolute atomic E-state index is 13.4. The van der Waals surface area contributed by atoms with Gasteiger partial charge in [-0.3, -0.25) is 9.59 Å². The van der Waals surface area contributed by atoms with E-state index < -0.39 is 12.0 Å². The van der Waals surface area contributed by atoms with Gasteiger partial charge in [-0.2, -0.15) is 0 Å². The lowest BCUT2D eigenvalue weighted by Crippen LogP contribution is -2.42. The first kappa shape index (κ1) is 24.3. The minimum absolute atomic E-state index is 0.0280. The van der Waals surface area contributed by atoms with Crippen molar-refractivity contribution < 1.29 is 19.5 Å². The molecule has 7 nitrogen and oxygen atoms in total. The van der Waals surface area contributed by atoms with Gasteiger partial charge in [-0.25, -0.2) is 4.79 Å².